The minimum Gasteiger partial charge on any atom is -0.544 e. The van der Waals surface area contributed by atoms with E-state index in [1.165, 1.54) is 5.56 Å². The van der Waals surface area contributed by atoms with Crippen LogP contribution in [0.15, 0.2) is 54.1 Å². The zero-order chi connectivity index (χ0) is 21.4. The third kappa shape index (κ3) is 4.29. The SMILES string of the molecule is CCP(=O)(CC)C(C1=C(O[Si](C)(C)C)c2ccccc2C1C)c1ccccc1Cl. The van der Waals surface area contributed by atoms with Crippen LogP contribution in [0.2, 0.25) is 24.7 Å². The van der Waals surface area contributed by atoms with E-state index in [9.17, 15) is 4.57 Å². The van der Waals surface area contributed by atoms with E-state index in [-0.39, 0.29) is 11.6 Å². The Kier molecular flexibility index (Phi) is 6.53. The molecule has 0 fully saturated rings. The van der Waals surface area contributed by atoms with Crippen molar-refractivity contribution in [2.45, 2.75) is 52.0 Å². The lowest BCUT2D eigenvalue weighted by Gasteiger charge is -2.32. The standard InChI is InChI=1S/C24H32ClO2PSi/c1-7-28(26,8-2)24(20-15-11-12-16-21(20)25)22-17(3)18-13-9-10-14-19(18)23(22)27-29(4,5)6/h9-17,24H,7-8H2,1-6H3. The smallest absolute Gasteiger partial charge is 0.242 e. The highest BCUT2D eigenvalue weighted by Crippen LogP contribution is 2.67. The predicted octanol–water partition coefficient (Wildman–Crippen LogP) is 8.16. The van der Waals surface area contributed by atoms with Crippen LogP contribution in [0.25, 0.3) is 5.76 Å². The molecule has 0 radical (unpaired) electrons. The molecule has 5 heteroatoms. The lowest BCUT2D eigenvalue weighted by Crippen LogP contribution is -2.25. The number of rotatable bonds is 7. The summed E-state index contributed by atoms with van der Waals surface area (Å²) in [6.07, 6.45) is 1.29. The minimum atomic E-state index is -2.56. The molecule has 3 rings (SSSR count). The van der Waals surface area contributed by atoms with Gasteiger partial charge in [0.25, 0.3) is 0 Å². The number of fused-ring (bicyclic) bond motifs is 1. The van der Waals surface area contributed by atoms with Crippen molar-refractivity contribution in [3.63, 3.8) is 0 Å². The highest BCUT2D eigenvalue weighted by atomic mass is 35.5. The van der Waals surface area contributed by atoms with Crippen molar-refractivity contribution < 1.29 is 8.99 Å². The number of benzene rings is 2. The van der Waals surface area contributed by atoms with Gasteiger partial charge in [0, 0.05) is 16.5 Å². The van der Waals surface area contributed by atoms with Crippen molar-refractivity contribution >= 4 is 32.8 Å². The Morgan fingerprint density at radius 1 is 1.03 bits per heavy atom. The lowest BCUT2D eigenvalue weighted by atomic mass is 9.93. The zero-order valence-corrected chi connectivity index (χ0v) is 21.0. The van der Waals surface area contributed by atoms with Crippen LogP contribution >= 0.6 is 18.7 Å². The molecule has 0 saturated carbocycles. The Bertz CT molecular complexity index is 969. The summed E-state index contributed by atoms with van der Waals surface area (Å²) in [4.78, 5) is 0. The highest BCUT2D eigenvalue weighted by Gasteiger charge is 2.43. The maximum atomic E-state index is 14.3. The van der Waals surface area contributed by atoms with E-state index in [0.29, 0.717) is 17.3 Å². The Morgan fingerprint density at radius 2 is 1.62 bits per heavy atom. The number of hydrogen-bond donors (Lipinski definition) is 0. The Morgan fingerprint density at radius 3 is 2.21 bits per heavy atom. The summed E-state index contributed by atoms with van der Waals surface area (Å²) in [5.41, 5.74) is 4.29. The van der Waals surface area contributed by atoms with E-state index in [2.05, 4.69) is 50.8 Å². The molecule has 2 aromatic rings. The summed E-state index contributed by atoms with van der Waals surface area (Å²) >= 11 is 6.68. The summed E-state index contributed by atoms with van der Waals surface area (Å²) in [6.45, 7) is 12.9. The summed E-state index contributed by atoms with van der Waals surface area (Å²) in [7, 11) is -4.45. The fourth-order valence-electron chi connectivity index (χ4n) is 4.34. The first-order chi connectivity index (χ1) is 13.6. The second-order valence-electron chi connectivity index (χ2n) is 8.82. The van der Waals surface area contributed by atoms with Crippen LogP contribution in [0.5, 0.6) is 0 Å². The third-order valence-electron chi connectivity index (χ3n) is 5.84. The molecular weight excluding hydrogens is 415 g/mol. The number of hydrogen-bond acceptors (Lipinski definition) is 2. The molecule has 2 atom stereocenters. The van der Waals surface area contributed by atoms with Crippen molar-refractivity contribution in [1.82, 2.24) is 0 Å². The van der Waals surface area contributed by atoms with Gasteiger partial charge in [-0.2, -0.15) is 0 Å². The average Bonchev–Trinajstić information content (AvgIpc) is 2.94. The highest BCUT2D eigenvalue weighted by molar-refractivity contribution is 7.64. The molecule has 156 valence electrons. The van der Waals surface area contributed by atoms with E-state index in [4.69, 9.17) is 16.0 Å². The molecule has 2 nitrogen and oxygen atoms in total. The van der Waals surface area contributed by atoms with Gasteiger partial charge in [-0.25, -0.2) is 0 Å². The van der Waals surface area contributed by atoms with Gasteiger partial charge >= 0.3 is 0 Å². The molecule has 0 N–H and O–H groups in total. The van der Waals surface area contributed by atoms with Crippen molar-refractivity contribution in [3.05, 3.63) is 75.8 Å². The van der Waals surface area contributed by atoms with Crippen molar-refractivity contribution in [2.75, 3.05) is 12.3 Å². The van der Waals surface area contributed by atoms with Crippen LogP contribution in [-0.4, -0.2) is 20.6 Å². The van der Waals surface area contributed by atoms with Gasteiger partial charge < -0.3 is 8.99 Å². The Hall–Kier alpha value is -1.28. The first kappa shape index (κ1) is 22.4. The molecule has 0 amide bonds. The van der Waals surface area contributed by atoms with E-state index in [0.717, 1.165) is 22.5 Å². The van der Waals surface area contributed by atoms with E-state index >= 15 is 0 Å². The number of halogens is 1. The molecule has 0 aromatic heterocycles. The van der Waals surface area contributed by atoms with Gasteiger partial charge in [-0.05, 0) is 54.7 Å². The summed E-state index contributed by atoms with van der Waals surface area (Å²) in [5, 5.41) is 0.683. The molecule has 0 spiro atoms. The lowest BCUT2D eigenvalue weighted by molar-refractivity contribution is 0.507. The maximum absolute atomic E-state index is 14.3. The second-order valence-corrected chi connectivity index (χ2v) is 17.3. The predicted molar refractivity (Wildman–Crippen MR) is 129 cm³/mol. The molecule has 1 aliphatic rings. The van der Waals surface area contributed by atoms with Crippen molar-refractivity contribution in [3.8, 4) is 0 Å². The van der Waals surface area contributed by atoms with Gasteiger partial charge in [-0.1, -0.05) is 74.8 Å². The largest absolute Gasteiger partial charge is 0.544 e. The molecule has 2 aromatic carbocycles. The van der Waals surface area contributed by atoms with E-state index < -0.39 is 15.5 Å². The van der Waals surface area contributed by atoms with Crippen LogP contribution in [-0.2, 0) is 8.99 Å². The summed E-state index contributed by atoms with van der Waals surface area (Å²) in [5.74, 6) is 1.09. The third-order valence-corrected chi connectivity index (χ3v) is 10.6. The van der Waals surface area contributed by atoms with Gasteiger partial charge in [-0.15, -0.1) is 0 Å². The molecular formula is C24H32ClO2PSi. The van der Waals surface area contributed by atoms with Crippen molar-refractivity contribution in [1.29, 1.82) is 0 Å². The van der Waals surface area contributed by atoms with Crippen LogP contribution in [0, 0.1) is 0 Å². The van der Waals surface area contributed by atoms with Crippen LogP contribution in [0.3, 0.4) is 0 Å². The molecule has 2 unspecified atom stereocenters. The van der Waals surface area contributed by atoms with Crippen molar-refractivity contribution in [2.24, 2.45) is 0 Å². The minimum absolute atomic E-state index is 0.144. The van der Waals surface area contributed by atoms with Gasteiger partial charge in [0.05, 0.1) is 12.8 Å². The molecule has 1 aliphatic carbocycles. The maximum Gasteiger partial charge on any atom is 0.242 e. The van der Waals surface area contributed by atoms with Gasteiger partial charge in [-0.3, -0.25) is 0 Å². The second kappa shape index (κ2) is 8.45. The first-order valence-corrected chi connectivity index (χ1v) is 16.4. The normalized spacial score (nSPS) is 18.0. The van der Waals surface area contributed by atoms with Gasteiger partial charge in [0.1, 0.15) is 5.76 Å². The zero-order valence-electron chi connectivity index (χ0n) is 18.3. The molecule has 0 bridgehead atoms. The summed E-state index contributed by atoms with van der Waals surface area (Å²) < 4.78 is 21.0. The molecule has 0 saturated heterocycles. The average molecular weight is 447 g/mol. The Labute approximate surface area is 181 Å². The molecule has 29 heavy (non-hydrogen) atoms. The summed E-state index contributed by atoms with van der Waals surface area (Å²) in [6, 6.07) is 16.3. The number of allylic oxidation sites excluding steroid dienone is 1. The fourth-order valence-corrected chi connectivity index (χ4v) is 8.26. The molecule has 0 aliphatic heterocycles. The Balaban J connectivity index is 2.34. The first-order valence-electron chi connectivity index (χ1n) is 10.5. The van der Waals surface area contributed by atoms with Crippen LogP contribution < -0.4 is 0 Å². The van der Waals surface area contributed by atoms with Gasteiger partial charge in [0.2, 0.25) is 8.32 Å². The van der Waals surface area contributed by atoms with Gasteiger partial charge in [0.15, 0.2) is 0 Å². The quantitative estimate of drug-likeness (QED) is 0.316. The topological polar surface area (TPSA) is 26.3 Å². The van der Waals surface area contributed by atoms with Crippen LogP contribution in [0.1, 0.15) is 49.0 Å². The van der Waals surface area contributed by atoms with E-state index in [1.807, 2.05) is 38.1 Å². The fraction of sp³-hybridized carbons (Fsp3) is 0.417. The van der Waals surface area contributed by atoms with Crippen LogP contribution in [0.4, 0.5) is 0 Å². The molecule has 0 heterocycles. The van der Waals surface area contributed by atoms with E-state index in [1.54, 1.807) is 0 Å². The monoisotopic (exact) mass is 446 g/mol.